The van der Waals surface area contributed by atoms with Gasteiger partial charge >= 0.3 is 0 Å². The lowest BCUT2D eigenvalue weighted by atomic mass is 10.2. The van der Waals surface area contributed by atoms with Gasteiger partial charge in [0.2, 0.25) is 0 Å². The molecule has 0 aliphatic carbocycles. The van der Waals surface area contributed by atoms with Crippen molar-refractivity contribution in [1.82, 2.24) is 4.98 Å². The highest BCUT2D eigenvalue weighted by Crippen LogP contribution is 2.20. The standard InChI is InChI=1S/C7H11NO3S2/c1-5(13(2,10)11)7(9)6-3-12-4-8-6/h3-5,7,9H,1-2H3. The third-order valence-corrected chi connectivity index (χ3v) is 4.09. The van der Waals surface area contributed by atoms with Gasteiger partial charge in [0.25, 0.3) is 0 Å². The normalized spacial score (nSPS) is 16.8. The maximum atomic E-state index is 11.1. The summed E-state index contributed by atoms with van der Waals surface area (Å²) in [6.07, 6.45) is 0.0778. The topological polar surface area (TPSA) is 67.3 Å². The molecule has 0 radical (unpaired) electrons. The molecule has 2 atom stereocenters. The quantitative estimate of drug-likeness (QED) is 0.812. The van der Waals surface area contributed by atoms with Crippen molar-refractivity contribution in [2.45, 2.75) is 18.3 Å². The van der Waals surface area contributed by atoms with Crippen LogP contribution in [0.25, 0.3) is 0 Å². The van der Waals surface area contributed by atoms with Gasteiger partial charge in [0.05, 0.1) is 16.5 Å². The van der Waals surface area contributed by atoms with E-state index in [-0.39, 0.29) is 0 Å². The number of aromatic nitrogens is 1. The molecule has 6 heteroatoms. The number of thiazole rings is 1. The molecule has 0 bridgehead atoms. The highest BCUT2D eigenvalue weighted by atomic mass is 32.2. The average Bonchev–Trinajstić information content (AvgIpc) is 2.51. The van der Waals surface area contributed by atoms with Crippen LogP contribution >= 0.6 is 11.3 Å². The Labute approximate surface area is 81.2 Å². The molecule has 0 aliphatic heterocycles. The zero-order valence-corrected chi connectivity index (χ0v) is 8.97. The van der Waals surface area contributed by atoms with Gasteiger partial charge < -0.3 is 5.11 Å². The molecule has 0 aliphatic rings. The van der Waals surface area contributed by atoms with Crippen molar-refractivity contribution in [2.75, 3.05) is 6.26 Å². The van der Waals surface area contributed by atoms with E-state index in [1.165, 1.54) is 18.3 Å². The molecule has 1 heterocycles. The van der Waals surface area contributed by atoms with Crippen LogP contribution < -0.4 is 0 Å². The monoisotopic (exact) mass is 221 g/mol. The van der Waals surface area contributed by atoms with Crippen molar-refractivity contribution >= 4 is 21.2 Å². The average molecular weight is 221 g/mol. The minimum Gasteiger partial charge on any atom is -0.385 e. The van der Waals surface area contributed by atoms with Crippen LogP contribution in [0.2, 0.25) is 0 Å². The minimum atomic E-state index is -3.21. The highest BCUT2D eigenvalue weighted by molar-refractivity contribution is 7.91. The Morgan fingerprint density at radius 3 is 2.62 bits per heavy atom. The van der Waals surface area contributed by atoms with E-state index in [2.05, 4.69) is 4.98 Å². The SMILES string of the molecule is CC(C(O)c1cscn1)S(C)(=O)=O. The molecule has 0 amide bonds. The Morgan fingerprint density at radius 1 is 1.62 bits per heavy atom. The van der Waals surface area contributed by atoms with Crippen LogP contribution in [-0.2, 0) is 9.84 Å². The van der Waals surface area contributed by atoms with E-state index in [0.717, 1.165) is 6.26 Å². The zero-order chi connectivity index (χ0) is 10.1. The van der Waals surface area contributed by atoms with Gasteiger partial charge in [-0.05, 0) is 6.92 Å². The van der Waals surface area contributed by atoms with Crippen LogP contribution in [0, 0.1) is 0 Å². The summed E-state index contributed by atoms with van der Waals surface area (Å²) in [7, 11) is -3.21. The predicted octanol–water partition coefficient (Wildman–Crippen LogP) is 0.610. The van der Waals surface area contributed by atoms with Crippen LogP contribution in [0.3, 0.4) is 0 Å². The lowest BCUT2D eigenvalue weighted by Gasteiger charge is -2.14. The molecule has 2 unspecified atom stereocenters. The number of rotatable bonds is 3. The maximum absolute atomic E-state index is 11.1. The summed E-state index contributed by atoms with van der Waals surface area (Å²) in [6, 6.07) is 0. The molecule has 1 aromatic rings. The van der Waals surface area contributed by atoms with E-state index in [1.54, 1.807) is 10.9 Å². The fourth-order valence-corrected chi connectivity index (χ4v) is 2.03. The number of nitrogens with zero attached hydrogens (tertiary/aromatic N) is 1. The van der Waals surface area contributed by atoms with Crippen LogP contribution in [0.4, 0.5) is 0 Å². The third-order valence-electron chi connectivity index (χ3n) is 1.87. The Morgan fingerprint density at radius 2 is 2.23 bits per heavy atom. The number of hydrogen-bond acceptors (Lipinski definition) is 5. The van der Waals surface area contributed by atoms with Gasteiger partial charge in [-0.25, -0.2) is 13.4 Å². The van der Waals surface area contributed by atoms with Crippen molar-refractivity contribution in [3.63, 3.8) is 0 Å². The molecular weight excluding hydrogens is 210 g/mol. The first-order valence-corrected chi connectivity index (χ1v) is 6.57. The van der Waals surface area contributed by atoms with Gasteiger partial charge in [-0.15, -0.1) is 11.3 Å². The Balaban J connectivity index is 2.86. The van der Waals surface area contributed by atoms with E-state index < -0.39 is 21.2 Å². The molecule has 0 aromatic carbocycles. The summed E-state index contributed by atoms with van der Waals surface area (Å²) in [5.41, 5.74) is 1.98. The molecule has 1 rings (SSSR count). The molecule has 13 heavy (non-hydrogen) atoms. The lowest BCUT2D eigenvalue weighted by molar-refractivity contribution is 0.172. The van der Waals surface area contributed by atoms with Crippen LogP contribution in [-0.4, -0.2) is 30.0 Å². The Kier molecular flexibility index (Phi) is 3.05. The van der Waals surface area contributed by atoms with Crippen molar-refractivity contribution < 1.29 is 13.5 Å². The van der Waals surface area contributed by atoms with Gasteiger partial charge in [0.1, 0.15) is 6.10 Å². The molecule has 1 N–H and O–H groups in total. The predicted molar refractivity (Wildman–Crippen MR) is 51.4 cm³/mol. The van der Waals surface area contributed by atoms with Crippen molar-refractivity contribution in [1.29, 1.82) is 0 Å². The summed E-state index contributed by atoms with van der Waals surface area (Å²) >= 11 is 1.33. The molecule has 1 aromatic heterocycles. The summed E-state index contributed by atoms with van der Waals surface area (Å²) in [6.45, 7) is 1.47. The van der Waals surface area contributed by atoms with Crippen molar-refractivity contribution in [3.8, 4) is 0 Å². The number of hydrogen-bond donors (Lipinski definition) is 1. The van der Waals surface area contributed by atoms with E-state index in [9.17, 15) is 13.5 Å². The number of sulfone groups is 1. The Bertz CT molecular complexity index is 357. The van der Waals surface area contributed by atoms with E-state index in [4.69, 9.17) is 0 Å². The number of aliphatic hydroxyl groups excluding tert-OH is 1. The smallest absolute Gasteiger partial charge is 0.152 e. The second-order valence-corrected chi connectivity index (χ2v) is 6.01. The van der Waals surface area contributed by atoms with Crippen LogP contribution in [0.1, 0.15) is 18.7 Å². The van der Waals surface area contributed by atoms with Crippen LogP contribution in [0.15, 0.2) is 10.9 Å². The lowest BCUT2D eigenvalue weighted by Crippen LogP contribution is -2.24. The van der Waals surface area contributed by atoms with E-state index in [1.807, 2.05) is 0 Å². The summed E-state index contributed by atoms with van der Waals surface area (Å²) in [5.74, 6) is 0. The maximum Gasteiger partial charge on any atom is 0.152 e. The van der Waals surface area contributed by atoms with Gasteiger partial charge in [0, 0.05) is 11.6 Å². The largest absolute Gasteiger partial charge is 0.385 e. The zero-order valence-electron chi connectivity index (χ0n) is 7.34. The third kappa shape index (κ3) is 2.49. The highest BCUT2D eigenvalue weighted by Gasteiger charge is 2.26. The van der Waals surface area contributed by atoms with Crippen LogP contribution in [0.5, 0.6) is 0 Å². The Hall–Kier alpha value is -0.460. The number of aliphatic hydroxyl groups is 1. The van der Waals surface area contributed by atoms with E-state index >= 15 is 0 Å². The first kappa shape index (κ1) is 10.6. The van der Waals surface area contributed by atoms with Gasteiger partial charge in [0.15, 0.2) is 9.84 Å². The molecule has 4 nitrogen and oxygen atoms in total. The van der Waals surface area contributed by atoms with E-state index in [0.29, 0.717) is 5.69 Å². The second-order valence-electron chi connectivity index (χ2n) is 2.89. The van der Waals surface area contributed by atoms with Crippen molar-refractivity contribution in [2.24, 2.45) is 0 Å². The first-order valence-electron chi connectivity index (χ1n) is 3.68. The molecule has 0 saturated carbocycles. The summed E-state index contributed by atoms with van der Waals surface area (Å²) in [4.78, 5) is 3.85. The van der Waals surface area contributed by atoms with Gasteiger partial charge in [-0.1, -0.05) is 0 Å². The fraction of sp³-hybridized carbons (Fsp3) is 0.571. The van der Waals surface area contributed by atoms with Gasteiger partial charge in [-0.3, -0.25) is 0 Å². The minimum absolute atomic E-state index is 0.419. The molecular formula is C7H11NO3S2. The fourth-order valence-electron chi connectivity index (χ4n) is 0.843. The summed E-state index contributed by atoms with van der Waals surface area (Å²) in [5, 5.41) is 10.4. The van der Waals surface area contributed by atoms with Gasteiger partial charge in [-0.2, -0.15) is 0 Å². The second kappa shape index (κ2) is 3.73. The summed E-state index contributed by atoms with van der Waals surface area (Å²) < 4.78 is 22.2. The van der Waals surface area contributed by atoms with Crippen molar-refractivity contribution in [3.05, 3.63) is 16.6 Å². The molecule has 0 spiro atoms. The molecule has 74 valence electrons. The molecule has 0 fully saturated rings. The first-order chi connectivity index (χ1) is 5.93. The molecule has 0 saturated heterocycles.